The Hall–Kier alpha value is -4.84. The number of hydrogen-bond donors (Lipinski definition) is 1. The molecule has 1 N–H and O–H groups in total. The number of imidazole rings is 1. The summed E-state index contributed by atoms with van der Waals surface area (Å²) in [6, 6.07) is 9.76. The minimum atomic E-state index is -2.83. The Morgan fingerprint density at radius 1 is 1.04 bits per heavy atom. The number of carbonyl (C=O) groups excluding carboxylic acids is 1. The Bertz CT molecular complexity index is 2080. The first-order chi connectivity index (χ1) is 24.6. The molecular weight excluding hydrogens is 636 g/mol. The van der Waals surface area contributed by atoms with E-state index in [0.717, 1.165) is 38.9 Å². The number of aromatic nitrogens is 6. The van der Waals surface area contributed by atoms with Crippen LogP contribution in [-0.4, -0.2) is 43.3 Å². The van der Waals surface area contributed by atoms with Crippen molar-refractivity contribution in [3.05, 3.63) is 91.9 Å². The number of methoxy groups -OCH3 is 1. The van der Waals surface area contributed by atoms with E-state index < -0.39 is 35.8 Å². The lowest BCUT2D eigenvalue weighted by Crippen LogP contribution is -2.31. The number of nitrogens with zero attached hydrogens (tertiary/aromatic N) is 5. The maximum absolute atomic E-state index is 14.6. The van der Waals surface area contributed by atoms with Crippen LogP contribution in [0.5, 0.6) is 0 Å². The Morgan fingerprint density at radius 3 is 2.30 bits per heavy atom. The highest BCUT2D eigenvalue weighted by Crippen LogP contribution is 2.40. The second-order valence-electron chi connectivity index (χ2n) is 13.1. The number of ether oxygens (including phenoxy) is 2. The van der Waals surface area contributed by atoms with Crippen molar-refractivity contribution in [2.75, 3.05) is 7.11 Å². The van der Waals surface area contributed by atoms with Crippen LogP contribution in [0.3, 0.4) is 0 Å². The average molecular weight is 687 g/mol. The molecule has 0 saturated heterocycles. The number of benzene rings is 2. The molecule has 50 heavy (non-hydrogen) atoms. The van der Waals surface area contributed by atoms with Crippen molar-refractivity contribution in [3.8, 4) is 22.5 Å². The van der Waals surface area contributed by atoms with Crippen molar-refractivity contribution < 1.29 is 25.8 Å². The highest BCUT2D eigenvalue weighted by molar-refractivity contribution is 5.90. The van der Waals surface area contributed by atoms with Crippen LogP contribution < -0.4 is 5.82 Å². The van der Waals surface area contributed by atoms with E-state index in [2.05, 4.69) is 46.6 Å². The van der Waals surface area contributed by atoms with Crippen molar-refractivity contribution in [2.24, 2.45) is 5.92 Å². The molecule has 0 amide bonds. The zero-order chi connectivity index (χ0) is 38.1. The molecule has 1 unspecified atom stereocenters. The first-order valence-electron chi connectivity index (χ1n) is 18.1. The Kier molecular flexibility index (Phi) is 10.1. The Morgan fingerprint density at radius 2 is 1.72 bits per heavy atom. The van der Waals surface area contributed by atoms with E-state index in [1.165, 1.54) is 0 Å². The topological polar surface area (TPSA) is 151 Å². The van der Waals surface area contributed by atoms with E-state index in [1.807, 2.05) is 64.3 Å². The van der Waals surface area contributed by atoms with Gasteiger partial charge in [0.05, 0.1) is 8.78 Å². The second-order valence-corrected chi connectivity index (χ2v) is 13.1. The van der Waals surface area contributed by atoms with Gasteiger partial charge in [-0.05, 0) is 85.0 Å². The molecule has 0 spiro atoms. The predicted molar refractivity (Wildman–Crippen MR) is 189 cm³/mol. The summed E-state index contributed by atoms with van der Waals surface area (Å²) in [5.41, 5.74) is 6.24. The molecular formula is C38H48N6O6. The lowest BCUT2D eigenvalue weighted by atomic mass is 9.88. The maximum atomic E-state index is 14.6. The van der Waals surface area contributed by atoms with Crippen LogP contribution in [-0.2, 0) is 34.5 Å². The summed E-state index contributed by atoms with van der Waals surface area (Å²) in [7, 11) is 1.58. The van der Waals surface area contributed by atoms with Gasteiger partial charge in [-0.15, -0.1) is 10.2 Å². The molecule has 12 nitrogen and oxygen atoms in total. The summed E-state index contributed by atoms with van der Waals surface area (Å²) in [5.74, 6) is -1.28. The van der Waals surface area contributed by atoms with Crippen LogP contribution in [0.4, 0.5) is 0 Å². The van der Waals surface area contributed by atoms with E-state index in [9.17, 15) is 9.59 Å². The lowest BCUT2D eigenvalue weighted by Gasteiger charge is -2.30. The van der Waals surface area contributed by atoms with E-state index >= 15 is 0 Å². The lowest BCUT2D eigenvalue weighted by molar-refractivity contribution is -0.0265. The van der Waals surface area contributed by atoms with Crippen LogP contribution in [0.25, 0.3) is 22.5 Å². The van der Waals surface area contributed by atoms with E-state index in [4.69, 9.17) is 26.0 Å². The van der Waals surface area contributed by atoms with Gasteiger partial charge >= 0.3 is 11.8 Å². The molecule has 0 bridgehead atoms. The number of aryl methyl sites for hydroxylation is 4. The Balaban J connectivity index is 1.72. The van der Waals surface area contributed by atoms with Gasteiger partial charge in [0.1, 0.15) is 17.1 Å². The summed E-state index contributed by atoms with van der Waals surface area (Å²) in [6.07, 6.45) is 1.65. The van der Waals surface area contributed by atoms with Crippen LogP contribution in [0.2, 0.25) is 0 Å². The highest BCUT2D eigenvalue weighted by atomic mass is 16.6. The molecule has 1 atom stereocenters. The monoisotopic (exact) mass is 686 g/mol. The Labute approximate surface area is 295 Å². The number of esters is 1. The van der Waals surface area contributed by atoms with Crippen LogP contribution >= 0.6 is 0 Å². The molecule has 0 fully saturated rings. The molecule has 5 rings (SSSR count). The third-order valence-electron chi connectivity index (χ3n) is 9.48. The van der Waals surface area contributed by atoms with E-state index in [-0.39, 0.29) is 23.8 Å². The fourth-order valence-corrected chi connectivity index (χ4v) is 7.07. The standard InChI is InChI=1S/C38H48N6O6/c1-11-28-29(50-37(46)49-28)20-48-36(45)33-34(38(12-2,13-3)47-10)39-30(17-21(4)5)44(33)25(9)31-23(7)18-26(19-24(31)8)32-22(6)15-14-16-27(32)35-40-42-43-41-35/h14-16,18-19,21,25H,11-13,17,20H2,1-10H3,(H,40,41,42,43)/i20D2. The summed E-state index contributed by atoms with van der Waals surface area (Å²) in [6.45, 7) is 15.0. The number of tetrazole rings is 1. The van der Waals surface area contributed by atoms with Crippen LogP contribution in [0.15, 0.2) is 44.0 Å². The largest absolute Gasteiger partial charge is 0.519 e. The van der Waals surface area contributed by atoms with Gasteiger partial charge in [0.2, 0.25) is 5.82 Å². The predicted octanol–water partition coefficient (Wildman–Crippen LogP) is 7.59. The second kappa shape index (κ2) is 15.0. The van der Waals surface area contributed by atoms with Gasteiger partial charge in [0.25, 0.3) is 0 Å². The first-order valence-corrected chi connectivity index (χ1v) is 17.1. The van der Waals surface area contributed by atoms with Crippen molar-refractivity contribution in [2.45, 2.75) is 106 Å². The first kappa shape index (κ1) is 33.6. The minimum absolute atomic E-state index is 0.0405. The quantitative estimate of drug-likeness (QED) is 0.116. The van der Waals surface area contributed by atoms with Crippen LogP contribution in [0, 0.1) is 26.7 Å². The normalized spacial score (nSPS) is 13.4. The van der Waals surface area contributed by atoms with Gasteiger partial charge in [-0.2, -0.15) is 5.21 Å². The molecule has 12 heteroatoms. The third kappa shape index (κ3) is 6.81. The maximum Gasteiger partial charge on any atom is 0.519 e. The van der Waals surface area contributed by atoms with Gasteiger partial charge in [-0.3, -0.25) is 0 Å². The number of rotatable bonds is 14. The average Bonchev–Trinajstić information content (AvgIpc) is 3.84. The fourth-order valence-electron chi connectivity index (χ4n) is 7.07. The van der Waals surface area contributed by atoms with Gasteiger partial charge in [-0.25, -0.2) is 14.6 Å². The summed E-state index contributed by atoms with van der Waals surface area (Å²) in [4.78, 5) is 31.7. The number of carbonyl (C=O) groups is 1. The molecule has 3 aromatic heterocycles. The molecule has 0 aliphatic heterocycles. The SMILES string of the molecule is [2H]C([2H])(OC(=O)c1c(C(CC)(CC)OC)nc(CC(C)C)n1C(C)c1c(C)cc(-c2c(C)cccc2-c2nn[nH]n2)cc1C)c1oc(=O)oc1CC. The highest BCUT2D eigenvalue weighted by Gasteiger charge is 2.40. The minimum Gasteiger partial charge on any atom is -0.453 e. The van der Waals surface area contributed by atoms with Crippen molar-refractivity contribution in [1.82, 2.24) is 30.2 Å². The number of hydrogen-bond acceptors (Lipinski definition) is 10. The molecule has 0 radical (unpaired) electrons. The number of nitrogens with one attached hydrogen (secondary N) is 1. The third-order valence-corrected chi connectivity index (χ3v) is 9.48. The van der Waals surface area contributed by atoms with Gasteiger partial charge in [0.15, 0.2) is 23.8 Å². The zero-order valence-electron chi connectivity index (χ0n) is 32.6. The molecule has 266 valence electrons. The molecule has 0 aliphatic rings. The molecule has 2 aromatic carbocycles. The fraction of sp³-hybridized carbons (Fsp3) is 0.474. The summed E-state index contributed by atoms with van der Waals surface area (Å²) >= 11 is 0. The van der Waals surface area contributed by atoms with Gasteiger partial charge in [-0.1, -0.05) is 65.0 Å². The van der Waals surface area contributed by atoms with Crippen molar-refractivity contribution in [3.63, 3.8) is 0 Å². The van der Waals surface area contributed by atoms with E-state index in [1.54, 1.807) is 14.0 Å². The number of H-pyrrole nitrogens is 1. The van der Waals surface area contributed by atoms with Crippen molar-refractivity contribution >= 4 is 5.97 Å². The summed E-state index contributed by atoms with van der Waals surface area (Å²) < 4.78 is 41.2. The summed E-state index contributed by atoms with van der Waals surface area (Å²) in [5, 5.41) is 14.8. The molecule has 0 aliphatic carbocycles. The molecule has 3 heterocycles. The smallest absolute Gasteiger partial charge is 0.453 e. The molecule has 5 aromatic rings. The number of aromatic amines is 1. The van der Waals surface area contributed by atoms with Crippen molar-refractivity contribution in [1.29, 1.82) is 0 Å². The van der Waals surface area contributed by atoms with Gasteiger partial charge in [0, 0.05) is 25.5 Å². The van der Waals surface area contributed by atoms with E-state index in [0.29, 0.717) is 36.6 Å². The molecule has 0 saturated carbocycles. The zero-order valence-corrected chi connectivity index (χ0v) is 30.6. The van der Waals surface area contributed by atoms with Gasteiger partial charge < -0.3 is 22.9 Å². The van der Waals surface area contributed by atoms with Crippen LogP contribution in [0.1, 0.15) is 119 Å².